The van der Waals surface area contributed by atoms with Gasteiger partial charge in [-0.05, 0) is 30.5 Å². The van der Waals surface area contributed by atoms with Gasteiger partial charge in [0.2, 0.25) is 0 Å². The van der Waals surface area contributed by atoms with Crippen LogP contribution in [0.1, 0.15) is 44.1 Å². The molecule has 0 amide bonds. The van der Waals surface area contributed by atoms with Crippen molar-refractivity contribution in [2.24, 2.45) is 0 Å². The van der Waals surface area contributed by atoms with Crippen LogP contribution in [0.15, 0.2) is 18.2 Å². The van der Waals surface area contributed by atoms with Gasteiger partial charge in [-0.15, -0.1) is 0 Å². The lowest BCUT2D eigenvalue weighted by Gasteiger charge is -2.16. The Morgan fingerprint density at radius 2 is 1.88 bits per heavy atom. The standard InChI is InChI=1S/C14H20ClNO/c15-14-9-12(16)8-7-11(14)10-17-13-5-3-1-2-4-6-13/h7-9,13H,1-6,10,16H2. The second-order valence-electron chi connectivity index (χ2n) is 4.78. The zero-order valence-corrected chi connectivity index (χ0v) is 10.9. The summed E-state index contributed by atoms with van der Waals surface area (Å²) < 4.78 is 5.94. The molecular weight excluding hydrogens is 234 g/mol. The van der Waals surface area contributed by atoms with E-state index in [9.17, 15) is 0 Å². The summed E-state index contributed by atoms with van der Waals surface area (Å²) in [4.78, 5) is 0. The van der Waals surface area contributed by atoms with Crippen LogP contribution in [0.5, 0.6) is 0 Å². The quantitative estimate of drug-likeness (QED) is 0.648. The first-order valence-corrected chi connectivity index (χ1v) is 6.79. The van der Waals surface area contributed by atoms with Crippen LogP contribution in [0.4, 0.5) is 5.69 Å². The van der Waals surface area contributed by atoms with E-state index in [4.69, 9.17) is 22.1 Å². The molecule has 2 nitrogen and oxygen atoms in total. The highest BCUT2D eigenvalue weighted by atomic mass is 35.5. The molecule has 0 bridgehead atoms. The van der Waals surface area contributed by atoms with Crippen LogP contribution in [0.2, 0.25) is 5.02 Å². The molecule has 1 aromatic rings. The average molecular weight is 254 g/mol. The Balaban J connectivity index is 1.88. The monoisotopic (exact) mass is 253 g/mol. The molecule has 0 radical (unpaired) electrons. The van der Waals surface area contributed by atoms with Gasteiger partial charge in [0.05, 0.1) is 12.7 Å². The second-order valence-corrected chi connectivity index (χ2v) is 5.18. The molecular formula is C14H20ClNO. The van der Waals surface area contributed by atoms with E-state index in [2.05, 4.69) is 0 Å². The normalized spacial score (nSPS) is 17.9. The summed E-state index contributed by atoms with van der Waals surface area (Å²) in [7, 11) is 0. The fourth-order valence-electron chi connectivity index (χ4n) is 2.30. The van der Waals surface area contributed by atoms with Crippen molar-refractivity contribution in [3.8, 4) is 0 Å². The summed E-state index contributed by atoms with van der Waals surface area (Å²) in [6.07, 6.45) is 8.07. The molecule has 2 N–H and O–H groups in total. The smallest absolute Gasteiger partial charge is 0.0735 e. The number of hydrogen-bond acceptors (Lipinski definition) is 2. The van der Waals surface area contributed by atoms with Crippen molar-refractivity contribution in [3.05, 3.63) is 28.8 Å². The molecule has 0 aliphatic heterocycles. The lowest BCUT2D eigenvalue weighted by Crippen LogP contribution is -2.11. The highest BCUT2D eigenvalue weighted by Crippen LogP contribution is 2.24. The molecule has 17 heavy (non-hydrogen) atoms. The highest BCUT2D eigenvalue weighted by Gasteiger charge is 2.13. The summed E-state index contributed by atoms with van der Waals surface area (Å²) in [6, 6.07) is 5.61. The molecule has 1 aromatic carbocycles. The lowest BCUT2D eigenvalue weighted by atomic mass is 10.1. The minimum absolute atomic E-state index is 0.408. The van der Waals surface area contributed by atoms with Crippen LogP contribution in [0.3, 0.4) is 0 Å². The van der Waals surface area contributed by atoms with E-state index in [0.29, 0.717) is 23.4 Å². The number of benzene rings is 1. The van der Waals surface area contributed by atoms with Crippen molar-refractivity contribution >= 4 is 17.3 Å². The summed E-state index contributed by atoms with van der Waals surface area (Å²) in [5.41, 5.74) is 7.40. The van der Waals surface area contributed by atoms with Gasteiger partial charge in [0.25, 0.3) is 0 Å². The van der Waals surface area contributed by atoms with Gasteiger partial charge in [-0.3, -0.25) is 0 Å². The average Bonchev–Trinajstić information content (AvgIpc) is 2.56. The first kappa shape index (κ1) is 12.7. The number of nitrogen functional groups attached to an aromatic ring is 1. The van der Waals surface area contributed by atoms with Crippen LogP contribution in [0.25, 0.3) is 0 Å². The van der Waals surface area contributed by atoms with Gasteiger partial charge in [0, 0.05) is 10.7 Å². The maximum absolute atomic E-state index is 6.12. The molecule has 0 atom stereocenters. The Morgan fingerprint density at radius 1 is 1.18 bits per heavy atom. The topological polar surface area (TPSA) is 35.2 Å². The van der Waals surface area contributed by atoms with E-state index in [1.807, 2.05) is 12.1 Å². The molecule has 0 spiro atoms. The number of nitrogens with two attached hydrogens (primary N) is 1. The minimum atomic E-state index is 0.408. The van der Waals surface area contributed by atoms with Crippen molar-refractivity contribution in [1.82, 2.24) is 0 Å². The molecule has 1 aliphatic rings. The fraction of sp³-hybridized carbons (Fsp3) is 0.571. The van der Waals surface area contributed by atoms with E-state index in [1.54, 1.807) is 6.07 Å². The zero-order valence-electron chi connectivity index (χ0n) is 10.1. The maximum Gasteiger partial charge on any atom is 0.0735 e. The molecule has 3 heteroatoms. The van der Waals surface area contributed by atoms with Gasteiger partial charge in [-0.25, -0.2) is 0 Å². The van der Waals surface area contributed by atoms with E-state index >= 15 is 0 Å². The van der Waals surface area contributed by atoms with Gasteiger partial charge in [0.15, 0.2) is 0 Å². The third-order valence-electron chi connectivity index (χ3n) is 3.35. The van der Waals surface area contributed by atoms with E-state index < -0.39 is 0 Å². The van der Waals surface area contributed by atoms with Crippen molar-refractivity contribution < 1.29 is 4.74 Å². The SMILES string of the molecule is Nc1ccc(COC2CCCCCC2)c(Cl)c1. The summed E-state index contributed by atoms with van der Waals surface area (Å²) in [5.74, 6) is 0. The van der Waals surface area contributed by atoms with Gasteiger partial charge in [-0.2, -0.15) is 0 Å². The number of hydrogen-bond donors (Lipinski definition) is 1. The largest absolute Gasteiger partial charge is 0.399 e. The summed E-state index contributed by atoms with van der Waals surface area (Å²) >= 11 is 6.12. The first-order chi connectivity index (χ1) is 8.25. The first-order valence-electron chi connectivity index (χ1n) is 6.41. The van der Waals surface area contributed by atoms with E-state index in [0.717, 1.165) is 5.56 Å². The minimum Gasteiger partial charge on any atom is -0.399 e. The van der Waals surface area contributed by atoms with Crippen LogP contribution < -0.4 is 5.73 Å². The predicted octanol–water partition coefficient (Wildman–Crippen LogP) is 4.16. The molecule has 94 valence electrons. The zero-order chi connectivity index (χ0) is 12.1. The second kappa shape index (κ2) is 6.27. The van der Waals surface area contributed by atoms with Crippen molar-refractivity contribution in [2.75, 3.05) is 5.73 Å². The molecule has 1 fully saturated rings. The van der Waals surface area contributed by atoms with Gasteiger partial charge < -0.3 is 10.5 Å². The molecule has 2 rings (SSSR count). The Kier molecular flexibility index (Phi) is 4.69. The summed E-state index contributed by atoms with van der Waals surface area (Å²) in [6.45, 7) is 0.601. The molecule has 0 saturated heterocycles. The number of anilines is 1. The molecule has 1 saturated carbocycles. The Hall–Kier alpha value is -0.730. The lowest BCUT2D eigenvalue weighted by molar-refractivity contribution is 0.0310. The van der Waals surface area contributed by atoms with Crippen LogP contribution >= 0.6 is 11.6 Å². The predicted molar refractivity (Wildman–Crippen MR) is 72.1 cm³/mol. The van der Waals surface area contributed by atoms with Crippen LogP contribution in [-0.2, 0) is 11.3 Å². The van der Waals surface area contributed by atoms with Gasteiger partial charge >= 0.3 is 0 Å². The van der Waals surface area contributed by atoms with E-state index in [1.165, 1.54) is 38.5 Å². The van der Waals surface area contributed by atoms with Crippen molar-refractivity contribution in [1.29, 1.82) is 0 Å². The Labute approximate surface area is 108 Å². The molecule has 1 aliphatic carbocycles. The highest BCUT2D eigenvalue weighted by molar-refractivity contribution is 6.31. The van der Waals surface area contributed by atoms with Crippen molar-refractivity contribution in [2.45, 2.75) is 51.2 Å². The third kappa shape index (κ3) is 3.90. The molecule has 0 aromatic heterocycles. The third-order valence-corrected chi connectivity index (χ3v) is 3.71. The number of halogens is 1. The van der Waals surface area contributed by atoms with Gasteiger partial charge in [-0.1, -0.05) is 43.4 Å². The fourth-order valence-corrected chi connectivity index (χ4v) is 2.54. The Bertz CT molecular complexity index is 359. The summed E-state index contributed by atoms with van der Waals surface area (Å²) in [5, 5.41) is 0.707. The number of rotatable bonds is 3. The Morgan fingerprint density at radius 3 is 2.53 bits per heavy atom. The van der Waals surface area contributed by atoms with Crippen molar-refractivity contribution in [3.63, 3.8) is 0 Å². The maximum atomic E-state index is 6.12. The molecule has 0 heterocycles. The van der Waals surface area contributed by atoms with Gasteiger partial charge in [0.1, 0.15) is 0 Å². The molecule has 0 unspecified atom stereocenters. The van der Waals surface area contributed by atoms with Crippen LogP contribution in [-0.4, -0.2) is 6.10 Å². The van der Waals surface area contributed by atoms with E-state index in [-0.39, 0.29) is 0 Å². The van der Waals surface area contributed by atoms with Crippen LogP contribution in [0, 0.1) is 0 Å². The number of ether oxygens (including phenoxy) is 1.